The van der Waals surface area contributed by atoms with E-state index in [1.165, 1.54) is 0 Å². The first kappa shape index (κ1) is 18.5. The SMILES string of the molecule is Cc1ccc2c(c1)[C@@H](NC(=O)c1cccc(N3CCCC3=O)c1)CC(C)(C)O2. The molecule has 1 fully saturated rings. The summed E-state index contributed by atoms with van der Waals surface area (Å²) in [5, 5.41) is 3.18. The molecule has 2 aliphatic rings. The van der Waals surface area contributed by atoms with Gasteiger partial charge in [0.1, 0.15) is 11.4 Å². The molecule has 2 amide bonds. The highest BCUT2D eigenvalue weighted by molar-refractivity contribution is 5.99. The van der Waals surface area contributed by atoms with Gasteiger partial charge in [-0.2, -0.15) is 0 Å². The largest absolute Gasteiger partial charge is 0.487 e. The molecule has 5 nitrogen and oxygen atoms in total. The normalized spacial score (nSPS) is 20.5. The maximum Gasteiger partial charge on any atom is 0.251 e. The third-order valence-corrected chi connectivity index (χ3v) is 5.42. The molecule has 0 unspecified atom stereocenters. The fraction of sp³-hybridized carbons (Fsp3) is 0.391. The molecule has 2 aromatic carbocycles. The molecular weight excluding hydrogens is 352 g/mol. The number of nitrogens with one attached hydrogen (secondary N) is 1. The molecule has 0 radical (unpaired) electrons. The number of carbonyl (C=O) groups is 2. The van der Waals surface area contributed by atoms with E-state index in [-0.39, 0.29) is 23.5 Å². The number of anilines is 1. The molecule has 1 N–H and O–H groups in total. The second-order valence-corrected chi connectivity index (χ2v) is 8.33. The summed E-state index contributed by atoms with van der Waals surface area (Å²) in [5.74, 6) is 0.806. The van der Waals surface area contributed by atoms with Crippen molar-refractivity contribution < 1.29 is 14.3 Å². The van der Waals surface area contributed by atoms with Crippen molar-refractivity contribution in [2.24, 2.45) is 0 Å². The van der Waals surface area contributed by atoms with E-state index in [2.05, 4.69) is 11.4 Å². The molecule has 5 heteroatoms. The summed E-state index contributed by atoms with van der Waals surface area (Å²) < 4.78 is 6.09. The van der Waals surface area contributed by atoms with Gasteiger partial charge in [0.25, 0.3) is 5.91 Å². The highest BCUT2D eigenvalue weighted by Crippen LogP contribution is 2.40. The van der Waals surface area contributed by atoms with Gasteiger partial charge < -0.3 is 15.0 Å². The molecule has 0 aromatic heterocycles. The molecule has 0 saturated carbocycles. The number of amides is 2. The Bertz CT molecular complexity index is 935. The van der Waals surface area contributed by atoms with Crippen LogP contribution < -0.4 is 15.0 Å². The Morgan fingerprint density at radius 1 is 1.21 bits per heavy atom. The van der Waals surface area contributed by atoms with Gasteiger partial charge in [-0.25, -0.2) is 0 Å². The van der Waals surface area contributed by atoms with Gasteiger partial charge in [0.15, 0.2) is 0 Å². The molecule has 4 rings (SSSR count). The highest BCUT2D eigenvalue weighted by atomic mass is 16.5. The van der Waals surface area contributed by atoms with E-state index in [0.29, 0.717) is 24.9 Å². The average Bonchev–Trinajstić information content (AvgIpc) is 3.08. The van der Waals surface area contributed by atoms with Crippen molar-refractivity contribution in [2.75, 3.05) is 11.4 Å². The topological polar surface area (TPSA) is 58.6 Å². The van der Waals surface area contributed by atoms with E-state index in [0.717, 1.165) is 29.0 Å². The molecule has 1 atom stereocenters. The minimum Gasteiger partial charge on any atom is -0.487 e. The zero-order chi connectivity index (χ0) is 19.9. The zero-order valence-corrected chi connectivity index (χ0v) is 16.6. The lowest BCUT2D eigenvalue weighted by Gasteiger charge is -2.38. The van der Waals surface area contributed by atoms with Gasteiger partial charge in [0, 0.05) is 36.2 Å². The third-order valence-electron chi connectivity index (χ3n) is 5.42. The lowest BCUT2D eigenvalue weighted by molar-refractivity contribution is -0.117. The van der Waals surface area contributed by atoms with Crippen LogP contribution in [-0.2, 0) is 4.79 Å². The standard InChI is InChI=1S/C23H26N2O3/c1-15-9-10-20-18(12-15)19(14-23(2,3)28-20)24-22(27)16-6-4-7-17(13-16)25-11-5-8-21(25)26/h4,6-7,9-10,12-13,19H,5,8,11,14H2,1-3H3,(H,24,27)/t19-/m0/s1. The number of aryl methyl sites for hydroxylation is 1. The lowest BCUT2D eigenvalue weighted by atomic mass is 9.88. The van der Waals surface area contributed by atoms with E-state index in [4.69, 9.17) is 4.74 Å². The maximum atomic E-state index is 13.0. The molecule has 0 spiro atoms. The lowest BCUT2D eigenvalue weighted by Crippen LogP contribution is -2.41. The Balaban J connectivity index is 1.59. The monoisotopic (exact) mass is 378 g/mol. The van der Waals surface area contributed by atoms with Crippen molar-refractivity contribution in [2.45, 2.75) is 51.7 Å². The first-order chi connectivity index (χ1) is 13.3. The molecular formula is C23H26N2O3. The molecule has 146 valence electrons. The van der Waals surface area contributed by atoms with Crippen molar-refractivity contribution in [1.29, 1.82) is 0 Å². The van der Waals surface area contributed by atoms with Crippen LogP contribution in [0.2, 0.25) is 0 Å². The summed E-state index contributed by atoms with van der Waals surface area (Å²) >= 11 is 0. The Morgan fingerprint density at radius 3 is 2.79 bits per heavy atom. The average molecular weight is 378 g/mol. The van der Waals surface area contributed by atoms with Crippen molar-refractivity contribution in [3.63, 3.8) is 0 Å². The molecule has 2 aliphatic heterocycles. The van der Waals surface area contributed by atoms with Crippen LogP contribution in [0.4, 0.5) is 5.69 Å². The van der Waals surface area contributed by atoms with Crippen LogP contribution in [0.5, 0.6) is 5.75 Å². The number of hydrogen-bond donors (Lipinski definition) is 1. The number of rotatable bonds is 3. The predicted octanol–water partition coefficient (Wildman–Crippen LogP) is 4.15. The molecule has 2 heterocycles. The fourth-order valence-corrected chi connectivity index (χ4v) is 4.08. The van der Waals surface area contributed by atoms with Crippen molar-refractivity contribution >= 4 is 17.5 Å². The van der Waals surface area contributed by atoms with Crippen molar-refractivity contribution in [3.05, 3.63) is 59.2 Å². The molecule has 2 aromatic rings. The smallest absolute Gasteiger partial charge is 0.251 e. The summed E-state index contributed by atoms with van der Waals surface area (Å²) in [4.78, 5) is 26.8. The second kappa shape index (κ2) is 6.97. The minimum atomic E-state index is -0.357. The maximum absolute atomic E-state index is 13.0. The van der Waals surface area contributed by atoms with Crippen LogP contribution in [0.15, 0.2) is 42.5 Å². The number of fused-ring (bicyclic) bond motifs is 1. The van der Waals surface area contributed by atoms with E-state index >= 15 is 0 Å². The number of benzene rings is 2. The van der Waals surface area contributed by atoms with Gasteiger partial charge in [-0.05, 0) is 51.5 Å². The summed E-state index contributed by atoms with van der Waals surface area (Å²) in [5.41, 5.74) is 3.15. The Kier molecular flexibility index (Phi) is 4.61. The van der Waals surface area contributed by atoms with Gasteiger partial charge in [-0.3, -0.25) is 9.59 Å². The van der Waals surface area contributed by atoms with Crippen LogP contribution >= 0.6 is 0 Å². The summed E-state index contributed by atoms with van der Waals surface area (Å²) in [6.07, 6.45) is 2.13. The first-order valence-corrected chi connectivity index (χ1v) is 9.83. The molecule has 0 bridgehead atoms. The van der Waals surface area contributed by atoms with Crippen molar-refractivity contribution in [1.82, 2.24) is 5.32 Å². The summed E-state index contributed by atoms with van der Waals surface area (Å²) in [7, 11) is 0. The highest BCUT2D eigenvalue weighted by Gasteiger charge is 2.34. The van der Waals surface area contributed by atoms with E-state index in [1.807, 2.05) is 45.0 Å². The van der Waals surface area contributed by atoms with Gasteiger partial charge in [0.05, 0.1) is 6.04 Å². The second-order valence-electron chi connectivity index (χ2n) is 8.33. The molecule has 28 heavy (non-hydrogen) atoms. The minimum absolute atomic E-state index is 0.119. The van der Waals surface area contributed by atoms with Gasteiger partial charge >= 0.3 is 0 Å². The number of nitrogens with zero attached hydrogens (tertiary/aromatic N) is 1. The summed E-state index contributed by atoms with van der Waals surface area (Å²) in [6.45, 7) is 6.82. The predicted molar refractivity (Wildman–Crippen MR) is 109 cm³/mol. The van der Waals surface area contributed by atoms with Gasteiger partial charge in [-0.15, -0.1) is 0 Å². The van der Waals surface area contributed by atoms with Crippen LogP contribution in [-0.4, -0.2) is 24.0 Å². The van der Waals surface area contributed by atoms with Crippen LogP contribution in [0, 0.1) is 6.92 Å². The molecule has 1 saturated heterocycles. The quantitative estimate of drug-likeness (QED) is 0.873. The first-order valence-electron chi connectivity index (χ1n) is 9.83. The number of ether oxygens (including phenoxy) is 1. The van der Waals surface area contributed by atoms with E-state index in [1.54, 1.807) is 17.0 Å². The molecule has 0 aliphatic carbocycles. The van der Waals surface area contributed by atoms with E-state index < -0.39 is 0 Å². The number of carbonyl (C=O) groups excluding carboxylic acids is 2. The van der Waals surface area contributed by atoms with Gasteiger partial charge in [0.2, 0.25) is 5.91 Å². The van der Waals surface area contributed by atoms with Gasteiger partial charge in [-0.1, -0.05) is 23.8 Å². The summed E-state index contributed by atoms with van der Waals surface area (Å²) in [6, 6.07) is 13.3. The zero-order valence-electron chi connectivity index (χ0n) is 16.6. The third kappa shape index (κ3) is 3.61. The fourth-order valence-electron chi connectivity index (χ4n) is 4.08. The Labute approximate surface area is 165 Å². The Morgan fingerprint density at radius 2 is 2.04 bits per heavy atom. The number of hydrogen-bond acceptors (Lipinski definition) is 3. The van der Waals surface area contributed by atoms with Crippen molar-refractivity contribution in [3.8, 4) is 5.75 Å². The Hall–Kier alpha value is -2.82. The van der Waals surface area contributed by atoms with Crippen LogP contribution in [0.1, 0.15) is 60.6 Å². The van der Waals surface area contributed by atoms with E-state index in [9.17, 15) is 9.59 Å². The van der Waals surface area contributed by atoms with Crippen LogP contribution in [0.25, 0.3) is 0 Å². The van der Waals surface area contributed by atoms with Crippen LogP contribution in [0.3, 0.4) is 0 Å².